The van der Waals surface area contributed by atoms with E-state index < -0.39 is 22.4 Å². The van der Waals surface area contributed by atoms with Crippen LogP contribution < -0.4 is 0 Å². The highest BCUT2D eigenvalue weighted by Gasteiger charge is 2.38. The van der Waals surface area contributed by atoms with Crippen LogP contribution >= 0.6 is 0 Å². The lowest BCUT2D eigenvalue weighted by Crippen LogP contribution is -2.31. The second-order valence-electron chi connectivity index (χ2n) is 5.85. The first-order valence-corrected chi connectivity index (χ1v) is 7.06. The van der Waals surface area contributed by atoms with Crippen LogP contribution in [0.2, 0.25) is 0 Å². The van der Waals surface area contributed by atoms with Crippen molar-refractivity contribution in [1.29, 1.82) is 0 Å². The van der Waals surface area contributed by atoms with Gasteiger partial charge in [-0.15, -0.1) is 0 Å². The zero-order valence-corrected chi connectivity index (χ0v) is 13.7. The Hall–Kier alpha value is -2.12. The fourth-order valence-electron chi connectivity index (χ4n) is 2.02. The van der Waals surface area contributed by atoms with Crippen LogP contribution in [0.15, 0.2) is 23.2 Å². The first-order chi connectivity index (χ1) is 10.4. The summed E-state index contributed by atoms with van der Waals surface area (Å²) in [4.78, 5) is 15.7. The minimum atomic E-state index is -4.81. The molecule has 8 heteroatoms. The molecule has 0 fully saturated rings. The Labute approximate surface area is 133 Å². The van der Waals surface area contributed by atoms with E-state index in [9.17, 15) is 23.3 Å². The number of amidine groups is 1. The lowest BCUT2D eigenvalue weighted by Gasteiger charge is -2.24. The molecule has 1 unspecified atom stereocenters. The Morgan fingerprint density at radius 2 is 1.83 bits per heavy atom. The highest BCUT2D eigenvalue weighted by atomic mass is 19.4. The molecular weight excluding hydrogens is 311 g/mol. The van der Waals surface area contributed by atoms with E-state index in [1.54, 1.807) is 19.0 Å². The summed E-state index contributed by atoms with van der Waals surface area (Å²) >= 11 is 0. The molecule has 0 heterocycles. The van der Waals surface area contributed by atoms with Gasteiger partial charge in [0.15, 0.2) is 0 Å². The van der Waals surface area contributed by atoms with Gasteiger partial charge >= 0.3 is 6.18 Å². The summed E-state index contributed by atoms with van der Waals surface area (Å²) in [7, 11) is 3.52. The van der Waals surface area contributed by atoms with Crippen LogP contribution in [0.25, 0.3) is 0 Å². The number of hydrogen-bond donors (Lipinski definition) is 0. The molecule has 0 N–H and O–H groups in total. The van der Waals surface area contributed by atoms with Gasteiger partial charge in [-0.1, -0.05) is 20.8 Å². The molecule has 128 valence electrons. The van der Waals surface area contributed by atoms with Gasteiger partial charge in [-0.3, -0.25) is 10.1 Å². The van der Waals surface area contributed by atoms with Crippen LogP contribution in [-0.4, -0.2) is 29.8 Å². The summed E-state index contributed by atoms with van der Waals surface area (Å²) in [6.45, 7) is 5.90. The molecule has 0 aliphatic carbocycles. The van der Waals surface area contributed by atoms with E-state index in [0.717, 1.165) is 6.07 Å². The van der Waals surface area contributed by atoms with Gasteiger partial charge < -0.3 is 4.90 Å². The van der Waals surface area contributed by atoms with Crippen molar-refractivity contribution in [1.82, 2.24) is 4.90 Å². The number of nitro benzene ring substituents is 1. The highest BCUT2D eigenvalue weighted by molar-refractivity contribution is 5.86. The fraction of sp³-hybridized carbons (Fsp3) is 0.533. The van der Waals surface area contributed by atoms with Crippen molar-refractivity contribution in [3.8, 4) is 0 Å². The van der Waals surface area contributed by atoms with Gasteiger partial charge in [0.2, 0.25) is 0 Å². The van der Waals surface area contributed by atoms with Crippen molar-refractivity contribution >= 4 is 17.2 Å². The van der Waals surface area contributed by atoms with E-state index in [2.05, 4.69) is 4.99 Å². The molecule has 0 saturated carbocycles. The number of hydrogen-bond acceptors (Lipinski definition) is 3. The normalized spacial score (nSPS) is 14.0. The van der Waals surface area contributed by atoms with Crippen LogP contribution in [0.1, 0.15) is 26.3 Å². The smallest absolute Gasteiger partial charge is 0.366 e. The quantitative estimate of drug-likeness (QED) is 0.353. The van der Waals surface area contributed by atoms with E-state index in [4.69, 9.17) is 0 Å². The number of halogens is 3. The second-order valence-corrected chi connectivity index (χ2v) is 5.85. The topological polar surface area (TPSA) is 58.7 Å². The SMILES string of the molecule is CC(C)C(C)C(=Nc1ccc([N+](=O)[O-])c(C(F)(F)F)c1)N(C)C. The highest BCUT2D eigenvalue weighted by Crippen LogP contribution is 2.38. The maximum Gasteiger partial charge on any atom is 0.423 e. The molecule has 23 heavy (non-hydrogen) atoms. The molecule has 1 rings (SSSR count). The van der Waals surface area contributed by atoms with Crippen molar-refractivity contribution < 1.29 is 18.1 Å². The lowest BCUT2D eigenvalue weighted by molar-refractivity contribution is -0.388. The molecule has 5 nitrogen and oxygen atoms in total. The number of nitro groups is 1. The molecule has 0 amide bonds. The number of aliphatic imine (C=N–C) groups is 1. The Bertz CT molecular complexity index is 610. The van der Waals surface area contributed by atoms with Crippen LogP contribution in [0.4, 0.5) is 24.5 Å². The predicted octanol–water partition coefficient (Wildman–Crippen LogP) is 4.50. The van der Waals surface area contributed by atoms with Gasteiger partial charge in [-0.25, -0.2) is 4.99 Å². The number of nitrogens with zero attached hydrogens (tertiary/aromatic N) is 3. The summed E-state index contributed by atoms with van der Waals surface area (Å²) in [6, 6.07) is 2.79. The van der Waals surface area contributed by atoms with Crippen molar-refractivity contribution in [2.45, 2.75) is 26.9 Å². The molecular formula is C15H20F3N3O2. The van der Waals surface area contributed by atoms with Crippen LogP contribution in [0, 0.1) is 22.0 Å². The molecule has 0 bridgehead atoms. The van der Waals surface area contributed by atoms with Gasteiger partial charge in [-0.05, 0) is 18.1 Å². The second kappa shape index (κ2) is 6.97. The summed E-state index contributed by atoms with van der Waals surface area (Å²) in [5, 5.41) is 10.8. The minimum Gasteiger partial charge on any atom is -0.366 e. The Kier molecular flexibility index (Phi) is 5.74. The van der Waals surface area contributed by atoms with E-state index in [1.165, 1.54) is 6.07 Å². The molecule has 0 aromatic heterocycles. The summed E-state index contributed by atoms with van der Waals surface area (Å²) in [6.07, 6.45) is -4.81. The predicted molar refractivity (Wildman–Crippen MR) is 82.9 cm³/mol. The molecule has 1 atom stereocenters. The van der Waals surface area contributed by atoms with E-state index in [1.807, 2.05) is 20.8 Å². The molecule has 1 aromatic carbocycles. The lowest BCUT2D eigenvalue weighted by atomic mass is 9.96. The van der Waals surface area contributed by atoms with Gasteiger partial charge in [0, 0.05) is 26.1 Å². The third-order valence-corrected chi connectivity index (χ3v) is 3.59. The zero-order valence-electron chi connectivity index (χ0n) is 13.7. The molecule has 0 saturated heterocycles. The largest absolute Gasteiger partial charge is 0.423 e. The van der Waals surface area contributed by atoms with Crippen molar-refractivity contribution in [2.24, 2.45) is 16.8 Å². The first kappa shape index (κ1) is 18.9. The van der Waals surface area contributed by atoms with Gasteiger partial charge in [-0.2, -0.15) is 13.2 Å². The zero-order chi connectivity index (χ0) is 17.9. The summed E-state index contributed by atoms with van der Waals surface area (Å²) in [5.41, 5.74) is -2.22. The number of rotatable bonds is 4. The molecule has 0 aliphatic heterocycles. The fourth-order valence-corrected chi connectivity index (χ4v) is 2.02. The third kappa shape index (κ3) is 4.67. The van der Waals surface area contributed by atoms with Gasteiger partial charge in [0.05, 0.1) is 10.6 Å². The van der Waals surface area contributed by atoms with Gasteiger partial charge in [0.25, 0.3) is 5.69 Å². The monoisotopic (exact) mass is 331 g/mol. The average molecular weight is 331 g/mol. The minimum absolute atomic E-state index is 0.0227. The molecule has 0 aliphatic rings. The van der Waals surface area contributed by atoms with Crippen molar-refractivity contribution in [3.63, 3.8) is 0 Å². The average Bonchev–Trinajstić information content (AvgIpc) is 2.42. The first-order valence-electron chi connectivity index (χ1n) is 7.06. The Morgan fingerprint density at radius 1 is 1.26 bits per heavy atom. The molecule has 0 spiro atoms. The van der Waals surface area contributed by atoms with Crippen LogP contribution in [-0.2, 0) is 6.18 Å². The maximum atomic E-state index is 13.0. The summed E-state index contributed by atoms with van der Waals surface area (Å²) < 4.78 is 39.0. The number of alkyl halides is 3. The third-order valence-electron chi connectivity index (χ3n) is 3.59. The van der Waals surface area contributed by atoms with Crippen LogP contribution in [0.3, 0.4) is 0 Å². The van der Waals surface area contributed by atoms with E-state index in [-0.39, 0.29) is 17.5 Å². The molecule has 0 radical (unpaired) electrons. The maximum absolute atomic E-state index is 13.0. The standard InChI is InChI=1S/C15H20F3N3O2/c1-9(2)10(3)14(20(4)5)19-11-6-7-13(21(22)23)12(8-11)15(16,17)18/h6-10H,1-5H3. The van der Waals surface area contributed by atoms with Crippen LogP contribution in [0.5, 0.6) is 0 Å². The Morgan fingerprint density at radius 3 is 2.22 bits per heavy atom. The number of benzene rings is 1. The van der Waals surface area contributed by atoms with Crippen molar-refractivity contribution in [2.75, 3.05) is 14.1 Å². The molecule has 1 aromatic rings. The van der Waals surface area contributed by atoms with Gasteiger partial charge in [0.1, 0.15) is 11.4 Å². The van der Waals surface area contributed by atoms with E-state index in [0.29, 0.717) is 11.9 Å². The van der Waals surface area contributed by atoms with E-state index >= 15 is 0 Å². The van der Waals surface area contributed by atoms with Crippen molar-refractivity contribution in [3.05, 3.63) is 33.9 Å². The Balaban J connectivity index is 3.43. The summed E-state index contributed by atoms with van der Waals surface area (Å²) in [5.74, 6) is 0.882.